The molecule has 0 unspecified atom stereocenters. The molecule has 0 radical (unpaired) electrons. The quantitative estimate of drug-likeness (QED) is 0.881. The SMILES string of the molecule is Cc1ccc(NC(=O)CN(C)S(=O)(=O)N2C[C@H](C)C[C@@H](C)C2)cc1. The van der Waals surface area contributed by atoms with E-state index in [0.717, 1.165) is 16.3 Å². The first kappa shape index (κ1) is 18.9. The number of likely N-dealkylation sites (N-methyl/N-ethyl adjacent to an activating group) is 1. The van der Waals surface area contributed by atoms with E-state index in [4.69, 9.17) is 0 Å². The van der Waals surface area contributed by atoms with E-state index in [9.17, 15) is 13.2 Å². The molecule has 0 aliphatic carbocycles. The topological polar surface area (TPSA) is 69.7 Å². The lowest BCUT2D eigenvalue weighted by Crippen LogP contribution is -2.49. The maximum atomic E-state index is 12.7. The Balaban J connectivity index is 1.98. The van der Waals surface area contributed by atoms with Crippen LogP contribution in [0.25, 0.3) is 0 Å². The van der Waals surface area contributed by atoms with Crippen molar-refractivity contribution in [1.82, 2.24) is 8.61 Å². The Kier molecular flexibility index (Phi) is 6.01. The minimum Gasteiger partial charge on any atom is -0.325 e. The minimum atomic E-state index is -3.62. The molecule has 0 aromatic heterocycles. The van der Waals surface area contributed by atoms with Crippen molar-refractivity contribution in [1.29, 1.82) is 0 Å². The van der Waals surface area contributed by atoms with Crippen LogP contribution in [0.3, 0.4) is 0 Å². The van der Waals surface area contributed by atoms with Crippen LogP contribution in [0.2, 0.25) is 0 Å². The molecule has 1 heterocycles. The smallest absolute Gasteiger partial charge is 0.282 e. The number of rotatable bonds is 5. The van der Waals surface area contributed by atoms with Gasteiger partial charge in [0.05, 0.1) is 6.54 Å². The largest absolute Gasteiger partial charge is 0.325 e. The maximum Gasteiger partial charge on any atom is 0.282 e. The number of hydrogen-bond acceptors (Lipinski definition) is 3. The Bertz CT molecular complexity index is 663. The number of nitrogens with one attached hydrogen (secondary N) is 1. The molecular formula is C17H27N3O3S. The van der Waals surface area contributed by atoms with Gasteiger partial charge in [0, 0.05) is 25.8 Å². The Labute approximate surface area is 145 Å². The zero-order valence-electron chi connectivity index (χ0n) is 14.8. The van der Waals surface area contributed by atoms with Crippen LogP contribution in [0.4, 0.5) is 5.69 Å². The van der Waals surface area contributed by atoms with Gasteiger partial charge in [0.15, 0.2) is 0 Å². The first-order valence-corrected chi connectivity index (χ1v) is 9.66. The molecule has 1 aliphatic heterocycles. The highest BCUT2D eigenvalue weighted by Crippen LogP contribution is 2.24. The minimum absolute atomic E-state index is 0.199. The molecule has 0 saturated carbocycles. The second-order valence-corrected chi connectivity index (χ2v) is 8.98. The molecule has 1 aromatic carbocycles. The van der Waals surface area contributed by atoms with Gasteiger partial charge in [0.25, 0.3) is 10.2 Å². The summed E-state index contributed by atoms with van der Waals surface area (Å²) in [7, 11) is -2.16. The predicted octanol–water partition coefficient (Wildman–Crippen LogP) is 2.09. The number of anilines is 1. The van der Waals surface area contributed by atoms with E-state index in [1.165, 1.54) is 11.4 Å². The van der Waals surface area contributed by atoms with Gasteiger partial charge in [-0.25, -0.2) is 0 Å². The number of nitrogens with zero attached hydrogens (tertiary/aromatic N) is 2. The van der Waals surface area contributed by atoms with E-state index in [-0.39, 0.29) is 12.5 Å². The lowest BCUT2D eigenvalue weighted by molar-refractivity contribution is -0.116. The van der Waals surface area contributed by atoms with Crippen LogP contribution in [0.15, 0.2) is 24.3 Å². The maximum absolute atomic E-state index is 12.7. The van der Waals surface area contributed by atoms with Crippen molar-refractivity contribution < 1.29 is 13.2 Å². The molecule has 6 nitrogen and oxygen atoms in total. The molecule has 7 heteroatoms. The van der Waals surface area contributed by atoms with Gasteiger partial charge in [-0.05, 0) is 37.3 Å². The van der Waals surface area contributed by atoms with Gasteiger partial charge in [-0.2, -0.15) is 17.0 Å². The molecule has 1 aliphatic rings. The summed E-state index contributed by atoms with van der Waals surface area (Å²) < 4.78 is 28.0. The number of carbonyl (C=O) groups excluding carboxylic acids is 1. The summed E-state index contributed by atoms with van der Waals surface area (Å²) in [5.41, 5.74) is 1.76. The Hall–Kier alpha value is -1.44. The number of amides is 1. The van der Waals surface area contributed by atoms with Crippen molar-refractivity contribution >= 4 is 21.8 Å². The standard InChI is InChI=1S/C17H27N3O3S/c1-13-5-7-16(8-6-13)18-17(21)12-19(4)24(22,23)20-10-14(2)9-15(3)11-20/h5-8,14-15H,9-12H2,1-4H3,(H,18,21)/t14-,15-/m1/s1. The van der Waals surface area contributed by atoms with Gasteiger partial charge in [0.1, 0.15) is 0 Å². The molecule has 134 valence electrons. The average molecular weight is 353 g/mol. The fourth-order valence-corrected chi connectivity index (χ4v) is 4.67. The van der Waals surface area contributed by atoms with Crippen molar-refractivity contribution in [2.75, 3.05) is 32.0 Å². The first-order chi connectivity index (χ1) is 11.2. The molecule has 0 bridgehead atoms. The molecule has 24 heavy (non-hydrogen) atoms. The highest BCUT2D eigenvalue weighted by Gasteiger charge is 2.33. The molecule has 2 rings (SSSR count). The van der Waals surface area contributed by atoms with E-state index >= 15 is 0 Å². The summed E-state index contributed by atoms with van der Waals surface area (Å²) in [6.45, 7) is 6.90. The lowest BCUT2D eigenvalue weighted by atomic mass is 9.94. The van der Waals surface area contributed by atoms with Crippen LogP contribution >= 0.6 is 0 Å². The van der Waals surface area contributed by atoms with E-state index in [0.29, 0.717) is 30.6 Å². The number of aryl methyl sites for hydroxylation is 1. The second kappa shape index (κ2) is 7.63. The van der Waals surface area contributed by atoms with Crippen LogP contribution in [-0.4, -0.2) is 49.6 Å². The summed E-state index contributed by atoms with van der Waals surface area (Å²) in [5, 5.41) is 2.73. The van der Waals surface area contributed by atoms with E-state index in [1.807, 2.05) is 19.1 Å². The molecule has 0 spiro atoms. The lowest BCUT2D eigenvalue weighted by Gasteiger charge is -2.36. The summed E-state index contributed by atoms with van der Waals surface area (Å²) >= 11 is 0. The van der Waals surface area contributed by atoms with Gasteiger partial charge >= 0.3 is 0 Å². The molecule has 2 atom stereocenters. The van der Waals surface area contributed by atoms with Crippen molar-refractivity contribution in [3.05, 3.63) is 29.8 Å². The summed E-state index contributed by atoms with van der Waals surface area (Å²) in [5.74, 6) is 0.319. The van der Waals surface area contributed by atoms with Gasteiger partial charge < -0.3 is 5.32 Å². The average Bonchev–Trinajstić information content (AvgIpc) is 2.48. The highest BCUT2D eigenvalue weighted by atomic mass is 32.2. The van der Waals surface area contributed by atoms with Crippen LogP contribution in [0.1, 0.15) is 25.8 Å². The summed E-state index contributed by atoms with van der Waals surface area (Å²) in [4.78, 5) is 12.1. The zero-order valence-corrected chi connectivity index (χ0v) is 15.6. The summed E-state index contributed by atoms with van der Waals surface area (Å²) in [6.07, 6.45) is 1.03. The van der Waals surface area contributed by atoms with Gasteiger partial charge in [-0.1, -0.05) is 31.5 Å². The third kappa shape index (κ3) is 4.78. The Morgan fingerprint density at radius 3 is 2.29 bits per heavy atom. The third-order valence-electron chi connectivity index (χ3n) is 4.26. The normalized spacial score (nSPS) is 22.5. The zero-order chi connectivity index (χ0) is 17.9. The van der Waals surface area contributed by atoms with Crippen LogP contribution in [-0.2, 0) is 15.0 Å². The molecule has 1 saturated heterocycles. The first-order valence-electron chi connectivity index (χ1n) is 8.26. The third-order valence-corrected chi connectivity index (χ3v) is 6.12. The predicted molar refractivity (Wildman–Crippen MR) is 95.9 cm³/mol. The second-order valence-electron chi connectivity index (χ2n) is 6.94. The fourth-order valence-electron chi connectivity index (χ4n) is 3.11. The van der Waals surface area contributed by atoms with Crippen molar-refractivity contribution in [2.45, 2.75) is 27.2 Å². The fraction of sp³-hybridized carbons (Fsp3) is 0.588. The van der Waals surface area contributed by atoms with Crippen molar-refractivity contribution in [2.24, 2.45) is 11.8 Å². The Morgan fingerprint density at radius 1 is 1.21 bits per heavy atom. The highest BCUT2D eigenvalue weighted by molar-refractivity contribution is 7.86. The Morgan fingerprint density at radius 2 is 1.75 bits per heavy atom. The van der Waals surface area contributed by atoms with Gasteiger partial charge in [-0.15, -0.1) is 0 Å². The molecule has 1 amide bonds. The van der Waals surface area contributed by atoms with E-state index < -0.39 is 10.2 Å². The van der Waals surface area contributed by atoms with Crippen LogP contribution < -0.4 is 5.32 Å². The van der Waals surface area contributed by atoms with Crippen LogP contribution in [0, 0.1) is 18.8 Å². The molecule has 1 N–H and O–H groups in total. The number of benzene rings is 1. The monoisotopic (exact) mass is 353 g/mol. The summed E-state index contributed by atoms with van der Waals surface area (Å²) in [6, 6.07) is 7.39. The number of carbonyl (C=O) groups is 1. The van der Waals surface area contributed by atoms with Crippen molar-refractivity contribution in [3.63, 3.8) is 0 Å². The molecule has 1 fully saturated rings. The number of hydrogen-bond donors (Lipinski definition) is 1. The van der Waals surface area contributed by atoms with E-state index in [1.54, 1.807) is 12.1 Å². The number of piperidine rings is 1. The van der Waals surface area contributed by atoms with E-state index in [2.05, 4.69) is 19.2 Å². The van der Waals surface area contributed by atoms with Gasteiger partial charge in [-0.3, -0.25) is 4.79 Å². The molecule has 1 aromatic rings. The van der Waals surface area contributed by atoms with Crippen molar-refractivity contribution in [3.8, 4) is 0 Å². The molecular weight excluding hydrogens is 326 g/mol. The van der Waals surface area contributed by atoms with Crippen LogP contribution in [0.5, 0.6) is 0 Å². The van der Waals surface area contributed by atoms with Gasteiger partial charge in [0.2, 0.25) is 5.91 Å².